The zero-order chi connectivity index (χ0) is 24.1. The number of benzene rings is 1. The van der Waals surface area contributed by atoms with E-state index in [1.165, 1.54) is 32.1 Å². The molecule has 35 heavy (non-hydrogen) atoms. The molecule has 10 nitrogen and oxygen atoms in total. The van der Waals surface area contributed by atoms with E-state index >= 15 is 0 Å². The van der Waals surface area contributed by atoms with E-state index in [1.54, 1.807) is 18.5 Å². The normalized spacial score (nSPS) is 21.4. The molecule has 2 saturated heterocycles. The zero-order valence-electron chi connectivity index (χ0n) is 18.9. The molecule has 0 amide bonds. The number of rotatable bonds is 5. The van der Waals surface area contributed by atoms with E-state index in [2.05, 4.69) is 30.9 Å². The van der Waals surface area contributed by atoms with Crippen LogP contribution in [0.15, 0.2) is 36.8 Å². The van der Waals surface area contributed by atoms with E-state index in [1.807, 2.05) is 10.9 Å². The Morgan fingerprint density at radius 3 is 2.66 bits per heavy atom. The Morgan fingerprint density at radius 2 is 1.89 bits per heavy atom. The molecule has 0 spiro atoms. The number of nitrogens with zero attached hydrogens (tertiary/aromatic N) is 7. The van der Waals surface area contributed by atoms with Crippen LogP contribution in [0.3, 0.4) is 0 Å². The number of hydrogen-bond acceptors (Lipinski definition) is 8. The van der Waals surface area contributed by atoms with Crippen LogP contribution in [0.5, 0.6) is 5.75 Å². The summed E-state index contributed by atoms with van der Waals surface area (Å²) in [6.07, 6.45) is 10.00. The van der Waals surface area contributed by atoms with Gasteiger partial charge in [-0.25, -0.2) is 9.37 Å². The van der Waals surface area contributed by atoms with Crippen LogP contribution in [-0.4, -0.2) is 54.2 Å². The summed E-state index contributed by atoms with van der Waals surface area (Å²) in [6, 6.07) is 5.87. The van der Waals surface area contributed by atoms with Crippen LogP contribution in [0.4, 0.5) is 14.6 Å². The third kappa shape index (κ3) is 3.70. The minimum absolute atomic E-state index is 0.127. The Labute approximate surface area is 199 Å². The van der Waals surface area contributed by atoms with Crippen molar-refractivity contribution in [2.24, 2.45) is 0 Å². The molecular formula is C23H23F2N9O. The highest BCUT2D eigenvalue weighted by Crippen LogP contribution is 2.35. The van der Waals surface area contributed by atoms with Gasteiger partial charge in [-0.05, 0) is 54.3 Å². The molecule has 0 saturated carbocycles. The third-order valence-corrected chi connectivity index (χ3v) is 6.86. The van der Waals surface area contributed by atoms with Crippen molar-refractivity contribution in [3.8, 4) is 34.0 Å². The number of nitrogen functional groups attached to an aromatic ring is 1. The molecule has 5 heterocycles. The summed E-state index contributed by atoms with van der Waals surface area (Å²) in [7, 11) is 1.26. The standard InChI is InChI=1S/C23H23F2N9O/c1-35-19-5-4-18(20(24)21(19)25)34-23(30-31-32-34)17-6-12(9-27-22(17)26)13-10-28-33(11-13)16-7-14-2-3-15(8-16)29-14/h4-6,9-11,14-16,29H,2-3,7-8H2,1H3,(H2,26,27). The van der Waals surface area contributed by atoms with Gasteiger partial charge in [0.15, 0.2) is 17.4 Å². The van der Waals surface area contributed by atoms with E-state index in [4.69, 9.17) is 10.5 Å². The highest BCUT2D eigenvalue weighted by molar-refractivity contribution is 5.76. The van der Waals surface area contributed by atoms with Gasteiger partial charge in [0.05, 0.1) is 24.9 Å². The number of fused-ring (bicyclic) bond motifs is 2. The molecule has 180 valence electrons. The van der Waals surface area contributed by atoms with Crippen molar-refractivity contribution in [2.75, 3.05) is 12.8 Å². The Hall–Kier alpha value is -3.93. The fraction of sp³-hybridized carbons (Fsp3) is 0.348. The van der Waals surface area contributed by atoms with Gasteiger partial charge in [-0.2, -0.15) is 14.2 Å². The van der Waals surface area contributed by atoms with Crippen molar-refractivity contribution in [2.45, 2.75) is 43.8 Å². The first-order valence-corrected chi connectivity index (χ1v) is 11.4. The molecule has 12 heteroatoms. The van der Waals surface area contributed by atoms with Gasteiger partial charge >= 0.3 is 0 Å². The van der Waals surface area contributed by atoms with Crippen LogP contribution < -0.4 is 15.8 Å². The summed E-state index contributed by atoms with van der Waals surface area (Å²) < 4.78 is 37.0. The Balaban J connectivity index is 1.35. The van der Waals surface area contributed by atoms with Gasteiger partial charge in [-0.1, -0.05) is 0 Å². The van der Waals surface area contributed by atoms with Gasteiger partial charge in [0.1, 0.15) is 11.5 Å². The van der Waals surface area contributed by atoms with Crippen molar-refractivity contribution in [1.29, 1.82) is 0 Å². The summed E-state index contributed by atoms with van der Waals surface area (Å²) in [5.41, 5.74) is 7.97. The Kier molecular flexibility index (Phi) is 5.17. The number of pyridine rings is 1. The molecule has 3 aromatic heterocycles. The van der Waals surface area contributed by atoms with E-state index < -0.39 is 11.6 Å². The van der Waals surface area contributed by atoms with Crippen molar-refractivity contribution in [3.63, 3.8) is 0 Å². The first-order valence-electron chi connectivity index (χ1n) is 11.4. The molecule has 2 bridgehead atoms. The molecule has 2 fully saturated rings. The third-order valence-electron chi connectivity index (χ3n) is 6.86. The van der Waals surface area contributed by atoms with Gasteiger partial charge < -0.3 is 15.8 Å². The fourth-order valence-electron chi connectivity index (χ4n) is 5.10. The van der Waals surface area contributed by atoms with Crippen molar-refractivity contribution in [3.05, 3.63) is 48.4 Å². The molecular weight excluding hydrogens is 456 g/mol. The van der Waals surface area contributed by atoms with Gasteiger partial charge in [0.2, 0.25) is 5.82 Å². The average molecular weight is 479 g/mol. The highest BCUT2D eigenvalue weighted by atomic mass is 19.2. The second-order valence-corrected chi connectivity index (χ2v) is 8.96. The predicted molar refractivity (Wildman–Crippen MR) is 123 cm³/mol. The van der Waals surface area contributed by atoms with Crippen molar-refractivity contribution in [1.82, 2.24) is 40.3 Å². The van der Waals surface area contributed by atoms with E-state index in [9.17, 15) is 8.78 Å². The minimum Gasteiger partial charge on any atom is -0.494 e. The van der Waals surface area contributed by atoms with Crippen molar-refractivity contribution < 1.29 is 13.5 Å². The molecule has 2 aliphatic rings. The maximum Gasteiger partial charge on any atom is 0.202 e. The largest absolute Gasteiger partial charge is 0.494 e. The molecule has 0 aliphatic carbocycles. The predicted octanol–water partition coefficient (Wildman–Crippen LogP) is 2.91. The summed E-state index contributed by atoms with van der Waals surface area (Å²) in [6.45, 7) is 0. The average Bonchev–Trinajstić information content (AvgIpc) is 3.61. The Bertz CT molecular complexity index is 1390. The number of hydrogen-bond donors (Lipinski definition) is 2. The summed E-state index contributed by atoms with van der Waals surface area (Å²) in [5, 5.41) is 19.8. The second-order valence-electron chi connectivity index (χ2n) is 8.96. The maximum absolute atomic E-state index is 14.8. The lowest BCUT2D eigenvalue weighted by Crippen LogP contribution is -2.38. The summed E-state index contributed by atoms with van der Waals surface area (Å²) in [4.78, 5) is 4.30. The van der Waals surface area contributed by atoms with Gasteiger partial charge in [0.25, 0.3) is 0 Å². The van der Waals surface area contributed by atoms with Crippen LogP contribution in [0.1, 0.15) is 31.7 Å². The molecule has 2 unspecified atom stereocenters. The number of aromatic nitrogens is 7. The lowest BCUT2D eigenvalue weighted by molar-refractivity contribution is 0.281. The summed E-state index contributed by atoms with van der Waals surface area (Å²) >= 11 is 0. The lowest BCUT2D eigenvalue weighted by atomic mass is 10.00. The topological polar surface area (TPSA) is 122 Å². The highest BCUT2D eigenvalue weighted by Gasteiger charge is 2.34. The SMILES string of the molecule is COc1ccc(-n2nnnc2-c2cc(-c3cnn(C4CC5CCC(C4)N5)c3)cnc2N)c(F)c1F. The lowest BCUT2D eigenvalue weighted by Gasteiger charge is -2.29. The molecule has 1 aromatic carbocycles. The number of methoxy groups -OCH3 is 1. The first-order chi connectivity index (χ1) is 17.0. The number of piperidine rings is 1. The molecule has 2 atom stereocenters. The van der Waals surface area contributed by atoms with Gasteiger partial charge in [0, 0.05) is 35.6 Å². The number of anilines is 1. The zero-order valence-corrected chi connectivity index (χ0v) is 18.9. The second kappa shape index (κ2) is 8.38. The molecule has 3 N–H and O–H groups in total. The van der Waals surface area contributed by atoms with Gasteiger partial charge in [-0.3, -0.25) is 4.68 Å². The van der Waals surface area contributed by atoms with Gasteiger partial charge in [-0.15, -0.1) is 5.10 Å². The first kappa shape index (κ1) is 21.6. The maximum atomic E-state index is 14.8. The molecule has 2 aliphatic heterocycles. The number of nitrogens with two attached hydrogens (primary N) is 1. The fourth-order valence-corrected chi connectivity index (χ4v) is 5.10. The minimum atomic E-state index is -1.14. The van der Waals surface area contributed by atoms with E-state index in [0.717, 1.165) is 28.7 Å². The number of nitrogens with one attached hydrogen (secondary N) is 1. The molecule has 4 aromatic rings. The van der Waals surface area contributed by atoms with E-state index in [0.29, 0.717) is 23.7 Å². The number of ether oxygens (including phenoxy) is 1. The van der Waals surface area contributed by atoms with Crippen LogP contribution >= 0.6 is 0 Å². The molecule has 0 radical (unpaired) electrons. The van der Waals surface area contributed by atoms with Crippen molar-refractivity contribution >= 4 is 5.82 Å². The van der Waals surface area contributed by atoms with Crippen LogP contribution in [0.2, 0.25) is 0 Å². The number of halogens is 2. The van der Waals surface area contributed by atoms with Crippen LogP contribution in [0.25, 0.3) is 28.2 Å². The smallest absolute Gasteiger partial charge is 0.202 e. The monoisotopic (exact) mass is 479 g/mol. The Morgan fingerprint density at radius 1 is 1.09 bits per heavy atom. The quantitative estimate of drug-likeness (QED) is 0.448. The van der Waals surface area contributed by atoms with E-state index in [-0.39, 0.29) is 23.1 Å². The number of tetrazole rings is 1. The molecule has 6 rings (SSSR count). The van der Waals surface area contributed by atoms with Crippen LogP contribution in [-0.2, 0) is 0 Å². The van der Waals surface area contributed by atoms with Crippen LogP contribution in [0, 0.1) is 11.6 Å². The summed E-state index contributed by atoms with van der Waals surface area (Å²) in [5.74, 6) is -2.21.